The Balaban J connectivity index is 0.000000231. The van der Waals surface area contributed by atoms with Crippen LogP contribution in [0.5, 0.6) is 0 Å². The molecule has 0 saturated heterocycles. The topological polar surface area (TPSA) is 266 Å². The maximum atomic E-state index is 12.3. The van der Waals surface area contributed by atoms with Gasteiger partial charge in [0.25, 0.3) is 0 Å². The average Bonchev–Trinajstić information content (AvgIpc) is 3.89. The largest absolute Gasteiger partial charge is 0.481 e. The van der Waals surface area contributed by atoms with Gasteiger partial charge in [-0.2, -0.15) is 0 Å². The van der Waals surface area contributed by atoms with Crippen molar-refractivity contribution in [1.29, 1.82) is 0 Å². The zero-order valence-corrected chi connectivity index (χ0v) is 45.0. The molecule has 12 unspecified atom stereocenters. The smallest absolute Gasteiger partial charge is 0.303 e. The van der Waals surface area contributed by atoms with Gasteiger partial charge in [-0.05, 0) is 241 Å². The predicted molar refractivity (Wildman–Crippen MR) is 278 cm³/mol. The van der Waals surface area contributed by atoms with Crippen LogP contribution in [0.3, 0.4) is 0 Å². The molecule has 0 aromatic rings. The Morgan fingerprint density at radius 3 is 1.39 bits per heavy atom. The summed E-state index contributed by atoms with van der Waals surface area (Å²) >= 11 is 0. The number of aliphatic hydroxyl groups excluding tert-OH is 6. The number of unbranched alkanes of at least 4 members (excludes halogenated alkanes) is 2. The van der Waals surface area contributed by atoms with Crippen LogP contribution in [0, 0.1) is 92.7 Å². The third kappa shape index (κ3) is 12.5. The Labute approximate surface area is 429 Å². The minimum Gasteiger partial charge on any atom is -0.481 e. The molecule has 8 saturated carbocycles. The fourth-order valence-electron chi connectivity index (χ4n) is 18.2. The highest BCUT2D eigenvalue weighted by molar-refractivity contribution is 5.75. The minimum atomic E-state index is -1.00. The predicted octanol–water partition coefficient (Wildman–Crippen LogP) is 6.94. The van der Waals surface area contributed by atoms with Crippen LogP contribution < -0.4 is 22.5 Å². The molecule has 71 heavy (non-hydrogen) atoms. The highest BCUT2D eigenvalue weighted by Gasteiger charge is 2.67. The Hall–Kier alpha value is -1.49. The second-order valence-corrected chi connectivity index (χ2v) is 25.6. The number of fused-ring (bicyclic) bond motifs is 10. The molecule has 0 aliphatic heterocycles. The monoisotopic (exact) mass is 1010 g/mol. The lowest BCUT2D eigenvalue weighted by atomic mass is 9.43. The summed E-state index contributed by atoms with van der Waals surface area (Å²) < 4.78 is 15.5. The summed E-state index contributed by atoms with van der Waals surface area (Å²) in [5.74, 6) is 3.12. The van der Waals surface area contributed by atoms with Gasteiger partial charge in [0.2, 0.25) is 5.91 Å². The van der Waals surface area contributed by atoms with Crippen LogP contribution in [-0.2, 0) is 9.59 Å². The molecule has 0 spiro atoms. The van der Waals surface area contributed by atoms with Crippen molar-refractivity contribution < 1.29 is 51.1 Å². The van der Waals surface area contributed by atoms with Gasteiger partial charge < -0.3 is 58.3 Å². The summed E-state index contributed by atoms with van der Waals surface area (Å²) in [5.41, 5.74) is 15.6. The molecule has 14 heteroatoms. The number of halogens is 1. The second kappa shape index (κ2) is 26.0. The number of hydrogen-bond acceptors (Lipinski definition) is 11. The first kappa shape index (κ1) is 58.8. The Kier molecular flexibility index (Phi) is 21.6. The quantitative estimate of drug-likeness (QED) is 0.0746. The molecule has 0 aromatic heterocycles. The van der Waals surface area contributed by atoms with Gasteiger partial charge in [-0.1, -0.05) is 41.5 Å². The van der Waals surface area contributed by atoms with Crippen molar-refractivity contribution in [3.63, 3.8) is 0 Å². The molecule has 0 heterocycles. The molecule has 8 aliphatic carbocycles. The van der Waals surface area contributed by atoms with E-state index in [1.54, 1.807) is 0 Å². The first-order valence-electron chi connectivity index (χ1n) is 29.3. The first-order valence-corrected chi connectivity index (χ1v) is 28.6. The number of carbonyl (C=O) groups excluding carboxylic acids is 1. The molecular formula is C57H105FN4O9. The normalized spacial score (nSPS) is 45.0. The molecule has 8 fully saturated rings. The van der Waals surface area contributed by atoms with Crippen LogP contribution in [0.15, 0.2) is 0 Å². The van der Waals surface area contributed by atoms with Crippen LogP contribution in [0.1, 0.15) is 184 Å². The average molecular weight is 1010 g/mol. The van der Waals surface area contributed by atoms with Crippen LogP contribution in [-0.4, -0.2) is 118 Å². The summed E-state index contributed by atoms with van der Waals surface area (Å²) in [6.07, 6.45) is 16.8. The second-order valence-electron chi connectivity index (χ2n) is 25.6. The molecule has 414 valence electrons. The van der Waals surface area contributed by atoms with Crippen molar-refractivity contribution in [1.82, 2.24) is 5.32 Å². The zero-order valence-electron chi connectivity index (χ0n) is 46.0. The fraction of sp³-hybridized carbons (Fsp3) is 0.965. The first-order chi connectivity index (χ1) is 34.0. The number of nitrogens with one attached hydrogen (secondary N) is 1. The van der Waals surface area contributed by atoms with E-state index in [0.717, 1.165) is 135 Å². The number of aliphatic carboxylic acids is 1. The van der Waals surface area contributed by atoms with Gasteiger partial charge in [0, 0.05) is 19.4 Å². The molecule has 22 atom stereocenters. The van der Waals surface area contributed by atoms with Gasteiger partial charge in [0.15, 0.2) is 0 Å². The number of nitrogens with two attached hydrogens (primary N) is 3. The van der Waals surface area contributed by atoms with E-state index in [1.165, 1.54) is 0 Å². The number of carbonyl (C=O) groups is 2. The van der Waals surface area contributed by atoms with Crippen molar-refractivity contribution in [3.8, 4) is 0 Å². The van der Waals surface area contributed by atoms with E-state index < -0.39 is 19.2 Å². The van der Waals surface area contributed by atoms with Crippen molar-refractivity contribution in [3.05, 3.63) is 0 Å². The van der Waals surface area contributed by atoms with E-state index in [0.29, 0.717) is 79.2 Å². The highest BCUT2D eigenvalue weighted by Crippen LogP contribution is 2.70. The Morgan fingerprint density at radius 2 is 1.00 bits per heavy atom. The van der Waals surface area contributed by atoms with Gasteiger partial charge >= 0.3 is 5.97 Å². The van der Waals surface area contributed by atoms with Crippen LogP contribution in [0.2, 0.25) is 0 Å². The van der Waals surface area contributed by atoms with Crippen molar-refractivity contribution >= 4 is 11.9 Å². The summed E-state index contributed by atoms with van der Waals surface area (Å²) in [6, 6.07) is 0. The standard InChI is InChI=1S/C28H50N2O4.C24H40O5.C4H12N2.CH3F/c1-17(6-9-25(34)30-13-5-4-12-29)20-7-8-21-26-22(16-24(33)28(20,21)3)27(2)11-10-19(31)14-18(27)15-23(26)32;1-13(4-7-21(28)29)16-5-6-17-22-18(12-20(27)24(16,17)3)23(2)9-8-15(25)10-14(23)11-19(22)26;5-3-1-2-4-6;1-2/h17-24,26,31-33H,4-16,29H2,1-3H3,(H,30,34);13-20,22,25-27H,4-12H2,1-3H3,(H,28,29);1-6H2;1H3/t17?,18-,19+,20?,21-,22?,23-,24?,26-,27?,28?;13?,14-,15+,16?,17-,18?,19-,20?,22-,23?,24?;;/m00../s1/i;;;1D. The van der Waals surface area contributed by atoms with Crippen molar-refractivity contribution in [2.45, 2.75) is 219 Å². The third-order valence-electron chi connectivity index (χ3n) is 22.3. The van der Waals surface area contributed by atoms with E-state index in [2.05, 4.69) is 46.9 Å². The lowest BCUT2D eigenvalue weighted by molar-refractivity contribution is -0.207. The highest BCUT2D eigenvalue weighted by atomic mass is 19.1. The van der Waals surface area contributed by atoms with Crippen molar-refractivity contribution in [2.75, 3.05) is 33.3 Å². The molecule has 0 aromatic carbocycles. The number of hydrogen-bond donors (Lipinski definition) is 11. The molecule has 14 N–H and O–H groups in total. The van der Waals surface area contributed by atoms with Gasteiger partial charge in [0.1, 0.15) is 0 Å². The molecule has 8 rings (SSSR count). The van der Waals surface area contributed by atoms with E-state index in [9.17, 15) is 44.6 Å². The SMILES string of the molecule is CC(CCC(=O)NCCCCN)C1CC[C@H]2[C@H]3C(CC(O)C12C)C1(C)CC[C@@H](O)C[C@H]1C[C@@H]3O.CC(CCC(=O)O)C1CC[C@H]2[C@H]3C(CC(O)C12C)C1(C)CC[C@@H](O)C[C@H]1C[C@@H]3O.NCCCCN.[2H]CF. The third-order valence-corrected chi connectivity index (χ3v) is 22.3. The molecule has 13 nitrogen and oxygen atoms in total. The summed E-state index contributed by atoms with van der Waals surface area (Å²) in [5, 5.41) is 78.4. The lowest BCUT2D eigenvalue weighted by Gasteiger charge is -2.63. The van der Waals surface area contributed by atoms with E-state index in [1.807, 2.05) is 0 Å². The van der Waals surface area contributed by atoms with E-state index >= 15 is 0 Å². The van der Waals surface area contributed by atoms with Crippen LogP contribution in [0.25, 0.3) is 0 Å². The van der Waals surface area contributed by atoms with Gasteiger partial charge in [0.05, 0.1) is 45.1 Å². The van der Waals surface area contributed by atoms with Crippen molar-refractivity contribution in [2.24, 2.45) is 110 Å². The number of carboxylic acids is 1. The zero-order chi connectivity index (χ0) is 53.3. The molecular weight excluding hydrogens is 904 g/mol. The maximum Gasteiger partial charge on any atom is 0.303 e. The minimum absolute atomic E-state index is 0.0957. The Bertz CT molecular complexity index is 1690. The van der Waals surface area contributed by atoms with Gasteiger partial charge in [-0.25, -0.2) is 0 Å². The number of aliphatic hydroxyl groups is 6. The van der Waals surface area contributed by atoms with E-state index in [4.69, 9.17) is 23.7 Å². The van der Waals surface area contributed by atoms with Gasteiger partial charge in [-0.3, -0.25) is 14.0 Å². The molecule has 1 amide bonds. The molecule has 0 radical (unpaired) electrons. The Morgan fingerprint density at radius 1 is 0.606 bits per heavy atom. The summed E-state index contributed by atoms with van der Waals surface area (Å²) in [7, 11) is -1.00. The summed E-state index contributed by atoms with van der Waals surface area (Å²) in [4.78, 5) is 23.4. The van der Waals surface area contributed by atoms with Crippen LogP contribution >= 0.6 is 0 Å². The summed E-state index contributed by atoms with van der Waals surface area (Å²) in [6.45, 7) is 16.6. The van der Waals surface area contributed by atoms with Crippen LogP contribution in [0.4, 0.5) is 4.39 Å². The number of alkyl halides is 1. The number of carboxylic acid groups (broad SMARTS) is 1. The number of amides is 1. The van der Waals surface area contributed by atoms with Gasteiger partial charge in [-0.15, -0.1) is 0 Å². The maximum absolute atomic E-state index is 12.3. The number of rotatable bonds is 15. The molecule has 0 bridgehead atoms. The van der Waals surface area contributed by atoms with E-state index in [-0.39, 0.29) is 82.3 Å². The molecule has 8 aliphatic rings. The fourth-order valence-corrected chi connectivity index (χ4v) is 18.2. The lowest BCUT2D eigenvalue weighted by Crippen LogP contribution is -2.62.